The van der Waals surface area contributed by atoms with Gasteiger partial charge in [-0.15, -0.1) is 0 Å². The van der Waals surface area contributed by atoms with Gasteiger partial charge in [0, 0.05) is 42.5 Å². The van der Waals surface area contributed by atoms with E-state index in [0.717, 1.165) is 59.7 Å². The van der Waals surface area contributed by atoms with Gasteiger partial charge >= 0.3 is 0 Å². The minimum atomic E-state index is 0.121. The first-order valence-electron chi connectivity index (χ1n) is 10.2. The number of fused-ring (bicyclic) bond motifs is 1. The number of anilines is 1. The summed E-state index contributed by atoms with van der Waals surface area (Å²) in [4.78, 5) is 26.8. The highest BCUT2D eigenvalue weighted by molar-refractivity contribution is 7.08. The van der Waals surface area contributed by atoms with E-state index in [-0.39, 0.29) is 5.91 Å². The molecule has 6 heteroatoms. The van der Waals surface area contributed by atoms with Gasteiger partial charge in [0.1, 0.15) is 5.82 Å². The summed E-state index contributed by atoms with van der Waals surface area (Å²) < 4.78 is 0. The number of benzene rings is 2. The Balaban J connectivity index is 1.47. The molecule has 1 saturated heterocycles. The molecule has 0 radical (unpaired) electrons. The third kappa shape index (κ3) is 3.66. The van der Waals surface area contributed by atoms with Crippen molar-refractivity contribution < 1.29 is 4.79 Å². The second kappa shape index (κ2) is 8.24. The van der Waals surface area contributed by atoms with Gasteiger partial charge < -0.3 is 9.80 Å². The Labute approximate surface area is 179 Å². The SMILES string of the molecule is O=C(c1ccsc1)N1CCCN(c2nc(-c3ccccc3)nc3ccccc23)CC1. The summed E-state index contributed by atoms with van der Waals surface area (Å²) in [6.07, 6.45) is 0.912. The first-order chi connectivity index (χ1) is 14.8. The third-order valence-electron chi connectivity index (χ3n) is 5.47. The molecule has 0 spiro atoms. The minimum Gasteiger partial charge on any atom is -0.354 e. The number of hydrogen-bond acceptors (Lipinski definition) is 5. The number of rotatable bonds is 3. The fourth-order valence-corrected chi connectivity index (χ4v) is 4.55. The minimum absolute atomic E-state index is 0.121. The average molecular weight is 415 g/mol. The number of para-hydroxylation sites is 1. The van der Waals surface area contributed by atoms with Crippen LogP contribution in [0.4, 0.5) is 5.82 Å². The van der Waals surface area contributed by atoms with Gasteiger partial charge in [0.2, 0.25) is 0 Å². The number of hydrogen-bond donors (Lipinski definition) is 0. The Morgan fingerprint density at radius 3 is 2.53 bits per heavy atom. The van der Waals surface area contributed by atoms with Gasteiger partial charge in [0.15, 0.2) is 5.82 Å². The summed E-state index contributed by atoms with van der Waals surface area (Å²) in [6.45, 7) is 3.07. The maximum atomic E-state index is 12.8. The molecule has 1 aliphatic rings. The van der Waals surface area contributed by atoms with Crippen molar-refractivity contribution in [1.82, 2.24) is 14.9 Å². The number of carbonyl (C=O) groups excluding carboxylic acids is 1. The van der Waals surface area contributed by atoms with E-state index >= 15 is 0 Å². The number of carbonyl (C=O) groups is 1. The number of amides is 1. The Morgan fingerprint density at radius 1 is 0.867 bits per heavy atom. The Hall–Kier alpha value is -3.25. The summed E-state index contributed by atoms with van der Waals surface area (Å²) in [5, 5.41) is 4.93. The molecule has 30 heavy (non-hydrogen) atoms. The molecular formula is C24H22N4OS. The van der Waals surface area contributed by atoms with E-state index in [2.05, 4.69) is 11.0 Å². The van der Waals surface area contributed by atoms with E-state index in [0.29, 0.717) is 6.54 Å². The van der Waals surface area contributed by atoms with E-state index in [1.54, 1.807) is 11.3 Å². The maximum absolute atomic E-state index is 12.8. The van der Waals surface area contributed by atoms with Crippen LogP contribution in [0.15, 0.2) is 71.4 Å². The third-order valence-corrected chi connectivity index (χ3v) is 6.15. The molecule has 1 fully saturated rings. The quantitative estimate of drug-likeness (QED) is 0.487. The normalized spacial score (nSPS) is 14.7. The van der Waals surface area contributed by atoms with Crippen molar-refractivity contribution in [3.8, 4) is 11.4 Å². The van der Waals surface area contributed by atoms with E-state index in [1.165, 1.54) is 0 Å². The van der Waals surface area contributed by atoms with E-state index in [4.69, 9.17) is 9.97 Å². The van der Waals surface area contributed by atoms with Crippen LogP contribution in [-0.2, 0) is 0 Å². The summed E-state index contributed by atoms with van der Waals surface area (Å²) in [5.41, 5.74) is 2.73. The van der Waals surface area contributed by atoms with Crippen molar-refractivity contribution in [1.29, 1.82) is 0 Å². The van der Waals surface area contributed by atoms with Gasteiger partial charge in [-0.3, -0.25) is 4.79 Å². The van der Waals surface area contributed by atoms with Crippen LogP contribution >= 0.6 is 11.3 Å². The molecule has 0 N–H and O–H groups in total. The fourth-order valence-electron chi connectivity index (χ4n) is 3.92. The van der Waals surface area contributed by atoms with Crippen LogP contribution in [0.5, 0.6) is 0 Å². The predicted octanol–water partition coefficient (Wildman–Crippen LogP) is 4.71. The van der Waals surface area contributed by atoms with Crippen LogP contribution in [0, 0.1) is 0 Å². The molecular weight excluding hydrogens is 392 g/mol. The Morgan fingerprint density at radius 2 is 1.70 bits per heavy atom. The smallest absolute Gasteiger partial charge is 0.254 e. The summed E-state index contributed by atoms with van der Waals surface area (Å²) >= 11 is 1.56. The van der Waals surface area contributed by atoms with Gasteiger partial charge in [-0.05, 0) is 30.0 Å². The highest BCUT2D eigenvalue weighted by atomic mass is 32.1. The van der Waals surface area contributed by atoms with E-state index in [9.17, 15) is 4.79 Å². The molecule has 1 amide bonds. The molecule has 2 aromatic carbocycles. The molecule has 1 aliphatic heterocycles. The summed E-state index contributed by atoms with van der Waals surface area (Å²) in [5.74, 6) is 1.81. The largest absolute Gasteiger partial charge is 0.354 e. The standard InChI is InChI=1S/C24H22N4OS/c29-24(19-11-16-30-17-19)28-13-6-12-27(14-15-28)23-20-9-4-5-10-21(20)25-22(26-23)18-7-2-1-3-8-18/h1-5,7-11,16-17H,6,12-15H2. The lowest BCUT2D eigenvalue weighted by Crippen LogP contribution is -2.35. The highest BCUT2D eigenvalue weighted by Gasteiger charge is 2.23. The first-order valence-corrected chi connectivity index (χ1v) is 11.1. The molecule has 3 heterocycles. The molecule has 4 aromatic rings. The lowest BCUT2D eigenvalue weighted by molar-refractivity contribution is 0.0767. The van der Waals surface area contributed by atoms with Crippen LogP contribution in [-0.4, -0.2) is 47.0 Å². The van der Waals surface area contributed by atoms with Crippen molar-refractivity contribution >= 4 is 34.0 Å². The van der Waals surface area contributed by atoms with Crippen LogP contribution in [0.2, 0.25) is 0 Å². The average Bonchev–Trinajstić information content (AvgIpc) is 3.23. The Bertz CT molecular complexity index is 1160. The summed E-state index contributed by atoms with van der Waals surface area (Å²) in [6, 6.07) is 20.2. The second-order valence-corrected chi connectivity index (χ2v) is 8.18. The van der Waals surface area contributed by atoms with Gasteiger partial charge in [0.25, 0.3) is 5.91 Å². The maximum Gasteiger partial charge on any atom is 0.254 e. The zero-order valence-electron chi connectivity index (χ0n) is 16.6. The van der Waals surface area contributed by atoms with Crippen molar-refractivity contribution in [2.45, 2.75) is 6.42 Å². The van der Waals surface area contributed by atoms with Gasteiger partial charge in [-0.2, -0.15) is 11.3 Å². The number of nitrogens with zero attached hydrogens (tertiary/aromatic N) is 4. The molecule has 2 aromatic heterocycles. The zero-order chi connectivity index (χ0) is 20.3. The number of thiophene rings is 1. The van der Waals surface area contributed by atoms with E-state index in [1.807, 2.05) is 70.3 Å². The molecule has 150 valence electrons. The van der Waals surface area contributed by atoms with Gasteiger partial charge in [-0.1, -0.05) is 42.5 Å². The predicted molar refractivity (Wildman–Crippen MR) is 122 cm³/mol. The highest BCUT2D eigenvalue weighted by Crippen LogP contribution is 2.28. The second-order valence-electron chi connectivity index (χ2n) is 7.40. The van der Waals surface area contributed by atoms with Crippen LogP contribution in [0.1, 0.15) is 16.8 Å². The lowest BCUT2D eigenvalue weighted by Gasteiger charge is -2.24. The molecule has 0 aliphatic carbocycles. The van der Waals surface area contributed by atoms with Crippen LogP contribution < -0.4 is 4.90 Å². The Kier molecular flexibility index (Phi) is 5.15. The topological polar surface area (TPSA) is 49.3 Å². The number of aromatic nitrogens is 2. The zero-order valence-corrected chi connectivity index (χ0v) is 17.4. The first kappa shape index (κ1) is 18.8. The van der Waals surface area contributed by atoms with Gasteiger partial charge in [-0.25, -0.2) is 9.97 Å². The van der Waals surface area contributed by atoms with Crippen molar-refractivity contribution in [3.05, 3.63) is 77.0 Å². The van der Waals surface area contributed by atoms with Crippen LogP contribution in [0.3, 0.4) is 0 Å². The molecule has 5 rings (SSSR count). The fraction of sp³-hybridized carbons (Fsp3) is 0.208. The van der Waals surface area contributed by atoms with Crippen LogP contribution in [0.25, 0.3) is 22.3 Å². The summed E-state index contributed by atoms with van der Waals surface area (Å²) in [7, 11) is 0. The van der Waals surface area contributed by atoms with Crippen molar-refractivity contribution in [2.24, 2.45) is 0 Å². The van der Waals surface area contributed by atoms with Crippen molar-refractivity contribution in [2.75, 3.05) is 31.1 Å². The molecule has 0 saturated carbocycles. The van der Waals surface area contributed by atoms with E-state index < -0.39 is 0 Å². The molecule has 5 nitrogen and oxygen atoms in total. The van der Waals surface area contributed by atoms with Crippen molar-refractivity contribution in [3.63, 3.8) is 0 Å². The lowest BCUT2D eigenvalue weighted by atomic mass is 10.1. The molecule has 0 unspecified atom stereocenters. The molecule has 0 atom stereocenters. The monoisotopic (exact) mass is 414 g/mol. The van der Waals surface area contributed by atoms with Gasteiger partial charge in [0.05, 0.1) is 11.1 Å². The molecule has 0 bridgehead atoms.